The van der Waals surface area contributed by atoms with Gasteiger partial charge in [-0.05, 0) is 38.0 Å². The van der Waals surface area contributed by atoms with E-state index in [1.807, 2.05) is 6.92 Å². The second-order valence-corrected chi connectivity index (χ2v) is 5.46. The summed E-state index contributed by atoms with van der Waals surface area (Å²) in [7, 11) is 0. The van der Waals surface area contributed by atoms with E-state index in [1.165, 1.54) is 6.07 Å². The molecular formula is C13H16BrFN2O. The van der Waals surface area contributed by atoms with E-state index in [0.717, 1.165) is 23.9 Å². The third-order valence-electron chi connectivity index (χ3n) is 3.16. The molecule has 1 aromatic carbocycles. The van der Waals surface area contributed by atoms with E-state index in [-0.39, 0.29) is 23.8 Å². The van der Waals surface area contributed by atoms with Crippen molar-refractivity contribution in [1.82, 2.24) is 10.6 Å². The van der Waals surface area contributed by atoms with Crippen LogP contribution in [0.2, 0.25) is 0 Å². The highest BCUT2D eigenvalue weighted by molar-refractivity contribution is 9.10. The highest BCUT2D eigenvalue weighted by Gasteiger charge is 2.24. The molecule has 1 amide bonds. The van der Waals surface area contributed by atoms with Gasteiger partial charge in [0.15, 0.2) is 0 Å². The molecule has 0 saturated carbocycles. The van der Waals surface area contributed by atoms with Gasteiger partial charge in [-0.1, -0.05) is 15.9 Å². The Balaban J connectivity index is 2.08. The molecule has 1 aliphatic rings. The van der Waals surface area contributed by atoms with E-state index in [0.29, 0.717) is 5.56 Å². The molecule has 2 N–H and O–H groups in total. The number of halogens is 2. The molecule has 1 saturated heterocycles. The first-order chi connectivity index (χ1) is 8.58. The quantitative estimate of drug-likeness (QED) is 0.900. The zero-order chi connectivity index (χ0) is 13.1. The monoisotopic (exact) mass is 314 g/mol. The van der Waals surface area contributed by atoms with Gasteiger partial charge in [0.25, 0.3) is 0 Å². The maximum absolute atomic E-state index is 13.7. The van der Waals surface area contributed by atoms with Crippen LogP contribution in [0, 0.1) is 5.82 Å². The number of hydrogen-bond donors (Lipinski definition) is 2. The summed E-state index contributed by atoms with van der Waals surface area (Å²) in [6.45, 7) is 2.60. The van der Waals surface area contributed by atoms with Gasteiger partial charge in [-0.25, -0.2) is 4.39 Å². The van der Waals surface area contributed by atoms with Gasteiger partial charge in [-0.3, -0.25) is 10.1 Å². The number of hydrogen-bond acceptors (Lipinski definition) is 2. The number of nitrogens with one attached hydrogen (secondary N) is 2. The Labute approximate surface area is 114 Å². The Kier molecular flexibility index (Phi) is 4.35. The number of carbonyl (C=O) groups excluding carboxylic acids is 1. The molecule has 1 aromatic rings. The van der Waals surface area contributed by atoms with Gasteiger partial charge >= 0.3 is 0 Å². The summed E-state index contributed by atoms with van der Waals surface area (Å²) < 4.78 is 14.5. The molecule has 3 nitrogen and oxygen atoms in total. The minimum atomic E-state index is -0.255. The van der Waals surface area contributed by atoms with Crippen LogP contribution in [-0.2, 0) is 4.79 Å². The smallest absolute Gasteiger partial charge is 0.237 e. The molecule has 0 radical (unpaired) electrons. The molecule has 0 aliphatic carbocycles. The largest absolute Gasteiger partial charge is 0.355 e. The summed E-state index contributed by atoms with van der Waals surface area (Å²) in [5, 5.41) is 5.99. The van der Waals surface area contributed by atoms with Crippen LogP contribution in [0.1, 0.15) is 31.4 Å². The van der Waals surface area contributed by atoms with Crippen molar-refractivity contribution < 1.29 is 9.18 Å². The summed E-state index contributed by atoms with van der Waals surface area (Å²) >= 11 is 3.33. The summed E-state index contributed by atoms with van der Waals surface area (Å²) in [5.74, 6) is -0.252. The zero-order valence-corrected chi connectivity index (χ0v) is 11.8. The molecule has 0 bridgehead atoms. The number of amides is 1. The van der Waals surface area contributed by atoms with Crippen LogP contribution < -0.4 is 10.6 Å². The van der Waals surface area contributed by atoms with Gasteiger partial charge < -0.3 is 5.32 Å². The molecule has 2 atom stereocenters. The average Bonchev–Trinajstić information content (AvgIpc) is 2.35. The molecule has 2 unspecified atom stereocenters. The highest BCUT2D eigenvalue weighted by atomic mass is 79.9. The van der Waals surface area contributed by atoms with E-state index in [2.05, 4.69) is 26.6 Å². The number of benzene rings is 1. The van der Waals surface area contributed by atoms with Crippen molar-refractivity contribution in [2.75, 3.05) is 6.54 Å². The average molecular weight is 315 g/mol. The molecule has 98 valence electrons. The van der Waals surface area contributed by atoms with E-state index in [1.54, 1.807) is 12.1 Å². The first-order valence-electron chi connectivity index (χ1n) is 6.06. The molecular weight excluding hydrogens is 299 g/mol. The molecule has 2 rings (SSSR count). The minimum Gasteiger partial charge on any atom is -0.355 e. The van der Waals surface area contributed by atoms with E-state index >= 15 is 0 Å². The summed E-state index contributed by atoms with van der Waals surface area (Å²) in [5.41, 5.74) is 0.572. The lowest BCUT2D eigenvalue weighted by molar-refractivity contribution is -0.124. The molecule has 1 fully saturated rings. The van der Waals surface area contributed by atoms with Crippen LogP contribution in [-0.4, -0.2) is 18.5 Å². The standard InChI is InChI=1S/C13H16BrFN2O/c1-8(10-7-9(14)4-5-11(10)15)17-12-3-2-6-16-13(12)18/h4-5,7-8,12,17H,2-3,6H2,1H3,(H,16,18). The van der Waals surface area contributed by atoms with Crippen LogP contribution in [0.3, 0.4) is 0 Å². The predicted molar refractivity (Wildman–Crippen MR) is 71.7 cm³/mol. The van der Waals surface area contributed by atoms with Crippen LogP contribution in [0.4, 0.5) is 4.39 Å². The van der Waals surface area contributed by atoms with Crippen molar-refractivity contribution in [1.29, 1.82) is 0 Å². The van der Waals surface area contributed by atoms with Gasteiger partial charge in [0.2, 0.25) is 5.91 Å². The third-order valence-corrected chi connectivity index (χ3v) is 3.65. The van der Waals surface area contributed by atoms with Crippen molar-refractivity contribution in [3.63, 3.8) is 0 Å². The first kappa shape index (κ1) is 13.5. The number of carbonyl (C=O) groups is 1. The van der Waals surface area contributed by atoms with Gasteiger partial charge in [0.1, 0.15) is 5.82 Å². The lowest BCUT2D eigenvalue weighted by Crippen LogP contribution is -2.48. The van der Waals surface area contributed by atoms with Crippen LogP contribution in [0.25, 0.3) is 0 Å². The van der Waals surface area contributed by atoms with Crippen molar-refractivity contribution in [2.24, 2.45) is 0 Å². The van der Waals surface area contributed by atoms with Gasteiger partial charge in [-0.15, -0.1) is 0 Å². The second kappa shape index (κ2) is 5.80. The Morgan fingerprint density at radius 3 is 3.06 bits per heavy atom. The van der Waals surface area contributed by atoms with E-state index in [4.69, 9.17) is 0 Å². The highest BCUT2D eigenvalue weighted by Crippen LogP contribution is 2.22. The molecule has 18 heavy (non-hydrogen) atoms. The number of rotatable bonds is 3. The lowest BCUT2D eigenvalue weighted by Gasteiger charge is -2.26. The number of piperidine rings is 1. The van der Waals surface area contributed by atoms with Gasteiger partial charge in [0, 0.05) is 22.6 Å². The maximum Gasteiger partial charge on any atom is 0.237 e. The minimum absolute atomic E-state index is 0.00325. The van der Waals surface area contributed by atoms with Crippen molar-refractivity contribution in [3.05, 3.63) is 34.1 Å². The fourth-order valence-electron chi connectivity index (χ4n) is 2.17. The molecule has 0 aromatic heterocycles. The maximum atomic E-state index is 13.7. The Morgan fingerprint density at radius 2 is 2.33 bits per heavy atom. The predicted octanol–water partition coefficient (Wildman–Crippen LogP) is 2.52. The SMILES string of the molecule is CC(NC1CCCNC1=O)c1cc(Br)ccc1F. The zero-order valence-electron chi connectivity index (χ0n) is 10.2. The van der Waals surface area contributed by atoms with Crippen molar-refractivity contribution in [3.8, 4) is 0 Å². The van der Waals surface area contributed by atoms with Crippen LogP contribution in [0.15, 0.2) is 22.7 Å². The fraction of sp³-hybridized carbons (Fsp3) is 0.462. The first-order valence-corrected chi connectivity index (χ1v) is 6.86. The molecule has 0 spiro atoms. The van der Waals surface area contributed by atoms with E-state index < -0.39 is 0 Å². The van der Waals surface area contributed by atoms with Gasteiger partial charge in [-0.2, -0.15) is 0 Å². The fourth-order valence-corrected chi connectivity index (χ4v) is 2.55. The van der Waals surface area contributed by atoms with Crippen molar-refractivity contribution >= 4 is 21.8 Å². The summed E-state index contributed by atoms with van der Waals surface area (Å²) in [6.07, 6.45) is 1.75. The summed E-state index contributed by atoms with van der Waals surface area (Å²) in [4.78, 5) is 11.6. The Hall–Kier alpha value is -0.940. The normalized spacial score (nSPS) is 21.5. The second-order valence-electron chi connectivity index (χ2n) is 4.54. The van der Waals surface area contributed by atoms with Crippen LogP contribution >= 0.6 is 15.9 Å². The third kappa shape index (κ3) is 3.09. The Bertz CT molecular complexity index is 453. The van der Waals surface area contributed by atoms with Crippen LogP contribution in [0.5, 0.6) is 0 Å². The van der Waals surface area contributed by atoms with Crippen molar-refractivity contribution in [2.45, 2.75) is 31.8 Å². The summed E-state index contributed by atoms with van der Waals surface area (Å²) in [6, 6.07) is 4.41. The molecule has 1 aliphatic heterocycles. The lowest BCUT2D eigenvalue weighted by atomic mass is 10.0. The molecule has 5 heteroatoms. The topological polar surface area (TPSA) is 41.1 Å². The Morgan fingerprint density at radius 1 is 1.56 bits per heavy atom. The van der Waals surface area contributed by atoms with E-state index in [9.17, 15) is 9.18 Å². The van der Waals surface area contributed by atoms with Gasteiger partial charge in [0.05, 0.1) is 6.04 Å². The molecule has 1 heterocycles.